The van der Waals surface area contributed by atoms with Crippen molar-refractivity contribution >= 4 is 32.5 Å². The lowest BCUT2D eigenvalue weighted by atomic mass is 9.99. The second-order valence-corrected chi connectivity index (χ2v) is 10.5. The van der Waals surface area contributed by atoms with Crippen molar-refractivity contribution < 1.29 is 13.2 Å². The van der Waals surface area contributed by atoms with Crippen molar-refractivity contribution in [3.05, 3.63) is 71.4 Å². The maximum atomic E-state index is 13.9. The van der Waals surface area contributed by atoms with Gasteiger partial charge in [0.1, 0.15) is 0 Å². The minimum atomic E-state index is -3.32. The topological polar surface area (TPSA) is 85.2 Å². The summed E-state index contributed by atoms with van der Waals surface area (Å²) in [5.74, 6) is -0.135. The Morgan fingerprint density at radius 3 is 2.55 bits per heavy atom. The highest BCUT2D eigenvalue weighted by Gasteiger charge is 2.28. The van der Waals surface area contributed by atoms with Crippen LogP contribution in [-0.4, -0.2) is 41.9 Å². The van der Waals surface area contributed by atoms with E-state index in [1.54, 1.807) is 27.8 Å². The number of aromatic nitrogens is 3. The Hall–Kier alpha value is -3.52. The van der Waals surface area contributed by atoms with E-state index in [4.69, 9.17) is 4.98 Å². The van der Waals surface area contributed by atoms with Gasteiger partial charge in [-0.3, -0.25) is 9.48 Å². The van der Waals surface area contributed by atoms with Crippen LogP contribution in [0.2, 0.25) is 0 Å². The predicted octanol–water partition coefficient (Wildman–Crippen LogP) is 3.94. The summed E-state index contributed by atoms with van der Waals surface area (Å²) in [6, 6.07) is 16.6. The lowest BCUT2D eigenvalue weighted by molar-refractivity contribution is 0.0986. The number of rotatable bonds is 3. The molecule has 0 aliphatic carbocycles. The molecule has 8 heteroatoms. The SMILES string of the molecule is Cc1nn(C)c2nc(-c3ccccc3)cc(C(=O)N3CCCc4cc(S(C)(=O)=O)ccc43)c12. The highest BCUT2D eigenvalue weighted by atomic mass is 32.2. The Balaban J connectivity index is 1.67. The minimum absolute atomic E-state index is 0.135. The lowest BCUT2D eigenvalue weighted by Gasteiger charge is -2.30. The van der Waals surface area contributed by atoms with E-state index < -0.39 is 9.84 Å². The fourth-order valence-corrected chi connectivity index (χ4v) is 5.20. The zero-order valence-electron chi connectivity index (χ0n) is 18.7. The summed E-state index contributed by atoms with van der Waals surface area (Å²) in [6.07, 6.45) is 2.69. The van der Waals surface area contributed by atoms with Crippen molar-refractivity contribution in [3.63, 3.8) is 0 Å². The van der Waals surface area contributed by atoms with Crippen molar-refractivity contribution in [3.8, 4) is 11.3 Å². The molecular weight excluding hydrogens is 436 g/mol. The highest BCUT2D eigenvalue weighted by Crippen LogP contribution is 2.33. The molecule has 5 rings (SSSR count). The van der Waals surface area contributed by atoms with Gasteiger partial charge < -0.3 is 4.90 Å². The van der Waals surface area contributed by atoms with E-state index in [0.717, 1.165) is 40.7 Å². The number of fused-ring (bicyclic) bond motifs is 2. The van der Waals surface area contributed by atoms with Crippen LogP contribution in [0.25, 0.3) is 22.3 Å². The maximum absolute atomic E-state index is 13.9. The third kappa shape index (κ3) is 3.70. The molecule has 168 valence electrons. The summed E-state index contributed by atoms with van der Waals surface area (Å²) >= 11 is 0. The average Bonchev–Trinajstić information content (AvgIpc) is 3.10. The molecule has 0 fully saturated rings. The van der Waals surface area contributed by atoms with Gasteiger partial charge in [0.15, 0.2) is 15.5 Å². The third-order valence-corrected chi connectivity index (χ3v) is 7.22. The van der Waals surface area contributed by atoms with Crippen LogP contribution in [0.1, 0.15) is 28.0 Å². The molecule has 33 heavy (non-hydrogen) atoms. The van der Waals surface area contributed by atoms with Gasteiger partial charge in [0.05, 0.1) is 27.2 Å². The molecule has 1 aliphatic rings. The first kappa shape index (κ1) is 21.3. The van der Waals surface area contributed by atoms with Crippen molar-refractivity contribution in [2.75, 3.05) is 17.7 Å². The van der Waals surface area contributed by atoms with E-state index in [0.29, 0.717) is 23.4 Å². The molecule has 2 aromatic carbocycles. The van der Waals surface area contributed by atoms with E-state index in [2.05, 4.69) is 5.10 Å². The third-order valence-electron chi connectivity index (χ3n) is 6.11. The van der Waals surface area contributed by atoms with Crippen molar-refractivity contribution in [1.82, 2.24) is 14.8 Å². The summed E-state index contributed by atoms with van der Waals surface area (Å²) in [7, 11) is -1.49. The number of hydrogen-bond donors (Lipinski definition) is 0. The minimum Gasteiger partial charge on any atom is -0.308 e. The number of carbonyl (C=O) groups is 1. The van der Waals surface area contributed by atoms with Crippen LogP contribution >= 0.6 is 0 Å². The van der Waals surface area contributed by atoms with Gasteiger partial charge in [0, 0.05) is 31.1 Å². The predicted molar refractivity (Wildman–Crippen MR) is 128 cm³/mol. The fraction of sp³-hybridized carbons (Fsp3) is 0.240. The second-order valence-electron chi connectivity index (χ2n) is 8.45. The molecule has 0 unspecified atom stereocenters. The van der Waals surface area contributed by atoms with Crippen molar-refractivity contribution in [2.24, 2.45) is 7.05 Å². The van der Waals surface area contributed by atoms with Crippen LogP contribution in [0, 0.1) is 6.92 Å². The van der Waals surface area contributed by atoms with Crippen molar-refractivity contribution in [2.45, 2.75) is 24.7 Å². The van der Waals surface area contributed by atoms with Crippen LogP contribution in [-0.2, 0) is 23.3 Å². The fourth-order valence-electron chi connectivity index (χ4n) is 4.53. The molecule has 0 spiro atoms. The zero-order valence-corrected chi connectivity index (χ0v) is 19.6. The number of sulfone groups is 1. The average molecular weight is 461 g/mol. The van der Waals surface area contributed by atoms with E-state index in [1.165, 1.54) is 6.26 Å². The van der Waals surface area contributed by atoms with Gasteiger partial charge in [-0.1, -0.05) is 30.3 Å². The molecular formula is C25H24N4O3S. The van der Waals surface area contributed by atoms with Gasteiger partial charge in [-0.15, -0.1) is 0 Å². The normalized spacial score (nSPS) is 13.8. The molecule has 1 amide bonds. The van der Waals surface area contributed by atoms with Gasteiger partial charge in [0.25, 0.3) is 5.91 Å². The summed E-state index contributed by atoms with van der Waals surface area (Å²) in [6.45, 7) is 2.44. The van der Waals surface area contributed by atoms with Gasteiger partial charge in [-0.25, -0.2) is 13.4 Å². The molecule has 0 bridgehead atoms. The zero-order chi connectivity index (χ0) is 23.3. The summed E-state index contributed by atoms with van der Waals surface area (Å²) in [4.78, 5) is 20.8. The number of benzene rings is 2. The van der Waals surface area contributed by atoms with E-state index >= 15 is 0 Å². The van der Waals surface area contributed by atoms with Crippen LogP contribution < -0.4 is 4.90 Å². The number of pyridine rings is 1. The van der Waals surface area contributed by atoms with Gasteiger partial charge in [-0.05, 0) is 49.6 Å². The summed E-state index contributed by atoms with van der Waals surface area (Å²) in [5.41, 5.74) is 5.20. The second kappa shape index (κ2) is 7.81. The largest absolute Gasteiger partial charge is 0.308 e. The smallest absolute Gasteiger partial charge is 0.259 e. The first-order valence-electron chi connectivity index (χ1n) is 10.8. The standard InChI is InChI=1S/C25H24N4O3S/c1-16-23-20(15-21(17-8-5-4-6-9-17)26-24(23)28(2)27-16)25(30)29-13-7-10-18-14-19(33(3,31)32)11-12-22(18)29/h4-6,8-9,11-12,14-15H,7,10,13H2,1-3H3. The molecule has 0 atom stereocenters. The van der Waals surface area contributed by atoms with Gasteiger partial charge in [-0.2, -0.15) is 5.10 Å². The number of aryl methyl sites for hydroxylation is 3. The Morgan fingerprint density at radius 2 is 1.82 bits per heavy atom. The van der Waals surface area contributed by atoms with Crippen LogP contribution in [0.3, 0.4) is 0 Å². The number of amides is 1. The number of nitrogens with zero attached hydrogens (tertiary/aromatic N) is 4. The van der Waals surface area contributed by atoms with Crippen LogP contribution in [0.5, 0.6) is 0 Å². The first-order valence-corrected chi connectivity index (χ1v) is 12.7. The molecule has 1 aliphatic heterocycles. The summed E-state index contributed by atoms with van der Waals surface area (Å²) in [5, 5.41) is 5.25. The van der Waals surface area contributed by atoms with Crippen LogP contribution in [0.15, 0.2) is 59.5 Å². The Morgan fingerprint density at radius 1 is 1.06 bits per heavy atom. The number of anilines is 1. The molecule has 0 radical (unpaired) electrons. The van der Waals surface area contributed by atoms with E-state index in [9.17, 15) is 13.2 Å². The molecule has 4 aromatic rings. The molecule has 7 nitrogen and oxygen atoms in total. The quantitative estimate of drug-likeness (QED) is 0.462. The summed E-state index contributed by atoms with van der Waals surface area (Å²) < 4.78 is 25.7. The lowest BCUT2D eigenvalue weighted by Crippen LogP contribution is -2.35. The Bertz CT molecular complexity index is 1510. The number of carbonyl (C=O) groups excluding carboxylic acids is 1. The molecule has 0 N–H and O–H groups in total. The molecule has 0 saturated heterocycles. The van der Waals surface area contributed by atoms with Crippen LogP contribution in [0.4, 0.5) is 5.69 Å². The monoisotopic (exact) mass is 460 g/mol. The number of hydrogen-bond acceptors (Lipinski definition) is 5. The van der Waals surface area contributed by atoms with Gasteiger partial charge >= 0.3 is 0 Å². The Kier molecular flexibility index (Phi) is 5.05. The first-order chi connectivity index (χ1) is 15.7. The van der Waals surface area contributed by atoms with Gasteiger partial charge in [0.2, 0.25) is 0 Å². The molecule has 2 aromatic heterocycles. The molecule has 0 saturated carbocycles. The van der Waals surface area contributed by atoms with E-state index in [-0.39, 0.29) is 10.8 Å². The highest BCUT2D eigenvalue weighted by molar-refractivity contribution is 7.90. The Labute approximate surface area is 192 Å². The molecule has 3 heterocycles. The van der Waals surface area contributed by atoms with E-state index in [1.807, 2.05) is 50.4 Å². The van der Waals surface area contributed by atoms with Crippen molar-refractivity contribution in [1.29, 1.82) is 0 Å². The maximum Gasteiger partial charge on any atom is 0.259 e.